The van der Waals surface area contributed by atoms with Gasteiger partial charge in [0.05, 0.1) is 42.7 Å². The van der Waals surface area contributed by atoms with Gasteiger partial charge in [0, 0.05) is 24.3 Å². The Hall–Kier alpha value is -4.28. The van der Waals surface area contributed by atoms with Crippen molar-refractivity contribution in [2.24, 2.45) is 0 Å². The van der Waals surface area contributed by atoms with E-state index in [-0.39, 0.29) is 35.5 Å². The van der Waals surface area contributed by atoms with Crippen molar-refractivity contribution in [3.05, 3.63) is 89.5 Å². The molecule has 1 fully saturated rings. The molecule has 228 valence electrons. The highest BCUT2D eigenvalue weighted by molar-refractivity contribution is 8.00. The molecule has 0 saturated carbocycles. The van der Waals surface area contributed by atoms with Crippen molar-refractivity contribution >= 4 is 29.4 Å². The molecule has 0 radical (unpaired) electrons. The summed E-state index contributed by atoms with van der Waals surface area (Å²) < 4.78 is 18.7. The Morgan fingerprint density at radius 2 is 1.82 bits per heavy atom. The lowest BCUT2D eigenvalue weighted by Gasteiger charge is -2.24. The van der Waals surface area contributed by atoms with Crippen molar-refractivity contribution < 1.29 is 23.8 Å². The molecule has 9 nitrogen and oxygen atoms in total. The van der Waals surface area contributed by atoms with Crippen molar-refractivity contribution in [1.82, 2.24) is 15.1 Å². The fraction of sp³-hybridized carbons (Fsp3) is 0.324. The van der Waals surface area contributed by atoms with Crippen LogP contribution in [0.25, 0.3) is 16.9 Å². The normalized spacial score (nSPS) is 18.1. The zero-order valence-corrected chi connectivity index (χ0v) is 25.9. The SMILES string of the molecule is COc1ccc(C2SCC(=O)N(CC(=O)NCC3CCCO3)c3c2c(-c2ccccc2)nn3-c2ccc(C)cc2)cc1OC. The molecule has 4 aromatic rings. The molecule has 1 saturated heterocycles. The van der Waals surface area contributed by atoms with E-state index in [9.17, 15) is 9.59 Å². The van der Waals surface area contributed by atoms with Crippen LogP contribution in [0.15, 0.2) is 72.8 Å². The van der Waals surface area contributed by atoms with Gasteiger partial charge in [-0.1, -0.05) is 54.1 Å². The molecule has 0 bridgehead atoms. The number of nitrogens with one attached hydrogen (secondary N) is 1. The minimum Gasteiger partial charge on any atom is -0.493 e. The van der Waals surface area contributed by atoms with E-state index < -0.39 is 0 Å². The predicted molar refractivity (Wildman–Crippen MR) is 172 cm³/mol. The average molecular weight is 613 g/mol. The van der Waals surface area contributed by atoms with Crippen molar-refractivity contribution in [3.63, 3.8) is 0 Å². The molecule has 3 aromatic carbocycles. The highest BCUT2D eigenvalue weighted by Gasteiger charge is 2.38. The van der Waals surface area contributed by atoms with Crippen LogP contribution in [0.2, 0.25) is 0 Å². The summed E-state index contributed by atoms with van der Waals surface area (Å²) in [6.07, 6.45) is 1.90. The molecule has 2 atom stereocenters. The van der Waals surface area contributed by atoms with Gasteiger partial charge in [-0.25, -0.2) is 4.68 Å². The van der Waals surface area contributed by atoms with E-state index in [2.05, 4.69) is 5.32 Å². The van der Waals surface area contributed by atoms with E-state index in [1.165, 1.54) is 11.8 Å². The van der Waals surface area contributed by atoms with Crippen LogP contribution < -0.4 is 19.7 Å². The number of carbonyl (C=O) groups is 2. The first-order chi connectivity index (χ1) is 21.5. The second-order valence-electron chi connectivity index (χ2n) is 10.9. The smallest absolute Gasteiger partial charge is 0.240 e. The lowest BCUT2D eigenvalue weighted by atomic mass is 9.99. The van der Waals surface area contributed by atoms with Crippen LogP contribution in [-0.2, 0) is 14.3 Å². The highest BCUT2D eigenvalue weighted by Crippen LogP contribution is 2.49. The van der Waals surface area contributed by atoms with Gasteiger partial charge in [-0.2, -0.15) is 5.10 Å². The number of amides is 2. The summed E-state index contributed by atoms with van der Waals surface area (Å²) >= 11 is 1.51. The molecule has 2 unspecified atom stereocenters. The number of nitrogens with zero attached hydrogens (tertiary/aromatic N) is 3. The number of thioether (sulfide) groups is 1. The molecule has 2 aliphatic heterocycles. The van der Waals surface area contributed by atoms with Gasteiger partial charge in [-0.05, 0) is 49.6 Å². The number of fused-ring (bicyclic) bond motifs is 1. The first-order valence-electron chi connectivity index (χ1n) is 14.7. The quantitative estimate of drug-likeness (QED) is 0.273. The molecule has 1 N–H and O–H groups in total. The van der Waals surface area contributed by atoms with Gasteiger partial charge in [0.2, 0.25) is 11.8 Å². The molecule has 0 aliphatic carbocycles. The van der Waals surface area contributed by atoms with Gasteiger partial charge in [0.15, 0.2) is 11.5 Å². The summed E-state index contributed by atoms with van der Waals surface area (Å²) in [5, 5.41) is 7.86. The topological polar surface area (TPSA) is 94.9 Å². The Morgan fingerprint density at radius 3 is 2.52 bits per heavy atom. The molecule has 1 aromatic heterocycles. The van der Waals surface area contributed by atoms with E-state index in [1.54, 1.807) is 19.1 Å². The summed E-state index contributed by atoms with van der Waals surface area (Å²) in [6, 6.07) is 23.8. The van der Waals surface area contributed by atoms with Crippen LogP contribution in [0.4, 0.5) is 5.82 Å². The summed E-state index contributed by atoms with van der Waals surface area (Å²) in [6.45, 7) is 3.02. The number of carbonyl (C=O) groups excluding carboxylic acids is 2. The van der Waals surface area contributed by atoms with Gasteiger partial charge in [-0.15, -0.1) is 11.8 Å². The molecular formula is C34H36N4O5S. The van der Waals surface area contributed by atoms with Crippen LogP contribution in [0.1, 0.15) is 34.8 Å². The Balaban J connectivity index is 1.52. The van der Waals surface area contributed by atoms with Crippen LogP contribution >= 0.6 is 11.8 Å². The maximum absolute atomic E-state index is 14.0. The summed E-state index contributed by atoms with van der Waals surface area (Å²) in [5.41, 5.74) is 5.35. The number of rotatable bonds is 9. The Kier molecular flexibility index (Phi) is 8.90. The maximum atomic E-state index is 14.0. The molecule has 44 heavy (non-hydrogen) atoms. The van der Waals surface area contributed by atoms with Gasteiger partial charge in [-0.3, -0.25) is 14.5 Å². The van der Waals surface area contributed by atoms with E-state index in [1.807, 2.05) is 84.4 Å². The highest BCUT2D eigenvalue weighted by atomic mass is 32.2. The van der Waals surface area contributed by atoms with Gasteiger partial charge < -0.3 is 19.5 Å². The molecule has 2 amide bonds. The van der Waals surface area contributed by atoms with E-state index in [0.29, 0.717) is 30.5 Å². The number of aromatic nitrogens is 2. The molecule has 3 heterocycles. The van der Waals surface area contributed by atoms with E-state index in [4.69, 9.17) is 19.3 Å². The number of hydrogen-bond donors (Lipinski definition) is 1. The lowest BCUT2D eigenvalue weighted by molar-refractivity contribution is -0.123. The minimum absolute atomic E-state index is 0.00195. The number of anilines is 1. The molecule has 6 rings (SSSR count). The second-order valence-corrected chi connectivity index (χ2v) is 12.0. The number of benzene rings is 3. The van der Waals surface area contributed by atoms with Crippen LogP contribution in [0, 0.1) is 6.92 Å². The summed E-state index contributed by atoms with van der Waals surface area (Å²) in [7, 11) is 3.22. The Labute approximate surface area is 261 Å². The zero-order chi connectivity index (χ0) is 30.6. The minimum atomic E-state index is -0.289. The molecular weight excluding hydrogens is 576 g/mol. The third-order valence-electron chi connectivity index (χ3n) is 7.98. The molecule has 0 spiro atoms. The van der Waals surface area contributed by atoms with Gasteiger partial charge >= 0.3 is 0 Å². The molecule has 2 aliphatic rings. The second kappa shape index (κ2) is 13.2. The van der Waals surface area contributed by atoms with Crippen LogP contribution in [0.3, 0.4) is 0 Å². The monoisotopic (exact) mass is 612 g/mol. The summed E-state index contributed by atoms with van der Waals surface area (Å²) in [4.78, 5) is 28.9. The third-order valence-corrected chi connectivity index (χ3v) is 9.23. The standard InChI is InChI=1S/C34H36N4O5S/c1-22-11-14-25(15-12-22)38-34-31(32(36-38)23-8-5-4-6-9-23)33(24-13-16-27(41-2)28(18-24)42-3)44-21-30(40)37(34)20-29(39)35-19-26-10-7-17-43-26/h4-6,8-9,11-16,18,26,33H,7,10,17,19-21H2,1-3H3,(H,35,39). The fourth-order valence-corrected chi connectivity index (χ4v) is 6.89. The third kappa shape index (κ3) is 6.05. The largest absolute Gasteiger partial charge is 0.493 e. The van der Waals surface area contributed by atoms with Crippen LogP contribution in [-0.4, -0.2) is 67.4 Å². The number of aryl methyl sites for hydroxylation is 1. The fourth-order valence-electron chi connectivity index (χ4n) is 5.71. The first-order valence-corrected chi connectivity index (χ1v) is 15.8. The Bertz CT molecular complexity index is 1630. The Morgan fingerprint density at radius 1 is 1.05 bits per heavy atom. The molecule has 10 heteroatoms. The lowest BCUT2D eigenvalue weighted by Crippen LogP contribution is -2.44. The van der Waals surface area contributed by atoms with E-state index in [0.717, 1.165) is 46.5 Å². The van der Waals surface area contributed by atoms with Crippen molar-refractivity contribution in [2.75, 3.05) is 44.6 Å². The van der Waals surface area contributed by atoms with Gasteiger partial charge in [0.1, 0.15) is 12.4 Å². The average Bonchev–Trinajstić information content (AvgIpc) is 3.69. The van der Waals surface area contributed by atoms with Crippen molar-refractivity contribution in [3.8, 4) is 28.4 Å². The predicted octanol–water partition coefficient (Wildman–Crippen LogP) is 5.33. The maximum Gasteiger partial charge on any atom is 0.240 e. The van der Waals surface area contributed by atoms with Gasteiger partial charge in [0.25, 0.3) is 0 Å². The van der Waals surface area contributed by atoms with E-state index >= 15 is 0 Å². The first kappa shape index (κ1) is 29.8. The van der Waals surface area contributed by atoms with Crippen molar-refractivity contribution in [2.45, 2.75) is 31.1 Å². The zero-order valence-electron chi connectivity index (χ0n) is 25.1. The number of methoxy groups -OCH3 is 2. The number of hydrogen-bond acceptors (Lipinski definition) is 7. The van der Waals surface area contributed by atoms with Crippen molar-refractivity contribution in [1.29, 1.82) is 0 Å². The van der Waals surface area contributed by atoms with Crippen LogP contribution in [0.5, 0.6) is 11.5 Å². The summed E-state index contributed by atoms with van der Waals surface area (Å²) in [5.74, 6) is 1.56. The number of ether oxygens (including phenoxy) is 3.